The largest absolute Gasteiger partial charge is 0.0719 e. The second-order valence-corrected chi connectivity index (χ2v) is 12.9. The van der Waals surface area contributed by atoms with Crippen LogP contribution in [0, 0.1) is 0 Å². The average Bonchev–Trinajstić information content (AvgIpc) is 3.23. The van der Waals surface area contributed by atoms with Crippen LogP contribution in [-0.2, 0) is 18.3 Å². The molecule has 0 spiro atoms. The lowest BCUT2D eigenvalue weighted by atomic mass is 9.64. The summed E-state index contributed by atoms with van der Waals surface area (Å²) in [4.78, 5) is 0. The van der Waals surface area contributed by atoms with E-state index in [1.807, 2.05) is 0 Å². The molecule has 0 aliphatic heterocycles. The van der Waals surface area contributed by atoms with Crippen LogP contribution in [-0.4, -0.2) is 0 Å². The Labute approximate surface area is 252 Å². The molecule has 1 aliphatic rings. The molecule has 0 unspecified atom stereocenters. The molecule has 0 saturated carbocycles. The molecule has 0 heterocycles. The first-order valence-corrected chi connectivity index (χ1v) is 16.5. The highest BCUT2D eigenvalue weighted by Gasteiger charge is 2.48. The maximum absolute atomic E-state index is 3.87. The molecule has 0 fully saturated rings. The highest BCUT2D eigenvalue weighted by atomic mass is 79.9. The summed E-state index contributed by atoms with van der Waals surface area (Å²) in [6, 6.07) is 32.4. The van der Waals surface area contributed by atoms with Gasteiger partial charge in [-0.1, -0.05) is 145 Å². The number of hydrogen-bond acceptors (Lipinski definition) is 0. The van der Waals surface area contributed by atoms with E-state index in [9.17, 15) is 0 Å². The van der Waals surface area contributed by atoms with Crippen molar-refractivity contribution in [3.63, 3.8) is 0 Å². The lowest BCUT2D eigenvalue weighted by molar-refractivity contribution is 0.648. The highest BCUT2D eigenvalue weighted by molar-refractivity contribution is 9.10. The van der Waals surface area contributed by atoms with E-state index in [1.54, 1.807) is 0 Å². The SMILES string of the molecule is CCCCCCc1ccccc1C1(c2ccccc2CCCCCC)c2cc(Br)ccc2-c2ccc(Br)cc21. The van der Waals surface area contributed by atoms with Crippen LogP contribution >= 0.6 is 31.9 Å². The third-order valence-corrected chi connectivity index (χ3v) is 9.49. The van der Waals surface area contributed by atoms with Gasteiger partial charge in [-0.05, 0) is 94.5 Å². The van der Waals surface area contributed by atoms with Gasteiger partial charge in [0, 0.05) is 8.95 Å². The second-order valence-electron chi connectivity index (χ2n) is 11.1. The summed E-state index contributed by atoms with van der Waals surface area (Å²) in [6.07, 6.45) is 12.4. The quantitative estimate of drug-likeness (QED) is 0.119. The van der Waals surface area contributed by atoms with Gasteiger partial charge in [0.15, 0.2) is 0 Å². The van der Waals surface area contributed by atoms with Crippen molar-refractivity contribution in [1.29, 1.82) is 0 Å². The predicted molar refractivity (Wildman–Crippen MR) is 175 cm³/mol. The van der Waals surface area contributed by atoms with Crippen LogP contribution in [0.2, 0.25) is 0 Å². The minimum atomic E-state index is -0.360. The van der Waals surface area contributed by atoms with Gasteiger partial charge in [0.1, 0.15) is 0 Å². The molecule has 39 heavy (non-hydrogen) atoms. The van der Waals surface area contributed by atoms with E-state index in [-0.39, 0.29) is 5.41 Å². The highest BCUT2D eigenvalue weighted by Crippen LogP contribution is 2.58. The van der Waals surface area contributed by atoms with Gasteiger partial charge in [0.2, 0.25) is 0 Å². The zero-order chi connectivity index (χ0) is 27.2. The van der Waals surface area contributed by atoms with Crippen LogP contribution < -0.4 is 0 Å². The van der Waals surface area contributed by atoms with Crippen LogP contribution in [0.3, 0.4) is 0 Å². The average molecular weight is 645 g/mol. The van der Waals surface area contributed by atoms with Gasteiger partial charge >= 0.3 is 0 Å². The van der Waals surface area contributed by atoms with Gasteiger partial charge in [0.25, 0.3) is 0 Å². The Morgan fingerprint density at radius 1 is 0.487 bits per heavy atom. The zero-order valence-electron chi connectivity index (χ0n) is 23.4. The lowest BCUT2D eigenvalue weighted by Crippen LogP contribution is -2.31. The van der Waals surface area contributed by atoms with Crippen molar-refractivity contribution < 1.29 is 0 Å². The van der Waals surface area contributed by atoms with E-state index in [0.717, 1.165) is 21.8 Å². The molecule has 5 rings (SSSR count). The summed E-state index contributed by atoms with van der Waals surface area (Å²) in [5.41, 5.74) is 11.0. The molecule has 4 aromatic carbocycles. The van der Waals surface area contributed by atoms with Crippen LogP contribution in [0.5, 0.6) is 0 Å². The van der Waals surface area contributed by atoms with Gasteiger partial charge in [0.05, 0.1) is 5.41 Å². The third kappa shape index (κ3) is 5.57. The van der Waals surface area contributed by atoms with Crippen molar-refractivity contribution in [1.82, 2.24) is 0 Å². The fraction of sp³-hybridized carbons (Fsp3) is 0.351. The molecular formula is C37H40Br2. The molecule has 0 bridgehead atoms. The molecule has 4 aromatic rings. The van der Waals surface area contributed by atoms with Gasteiger partial charge in [-0.25, -0.2) is 0 Å². The van der Waals surface area contributed by atoms with E-state index in [2.05, 4.69) is 131 Å². The van der Waals surface area contributed by atoms with Crippen molar-refractivity contribution in [3.8, 4) is 11.1 Å². The second kappa shape index (κ2) is 13.0. The Hall–Kier alpha value is -2.16. The molecule has 1 aliphatic carbocycles. The number of unbranched alkanes of at least 4 members (excludes halogenated alkanes) is 6. The molecular weight excluding hydrogens is 604 g/mol. The van der Waals surface area contributed by atoms with E-state index < -0.39 is 0 Å². The number of aryl methyl sites for hydroxylation is 2. The van der Waals surface area contributed by atoms with E-state index in [0.29, 0.717) is 0 Å². The van der Waals surface area contributed by atoms with Crippen LogP contribution in [0.15, 0.2) is 93.9 Å². The first kappa shape index (κ1) is 28.4. The molecule has 202 valence electrons. The molecule has 0 saturated heterocycles. The maximum Gasteiger partial charge on any atom is 0.0719 e. The molecule has 0 nitrogen and oxygen atoms in total. The van der Waals surface area contributed by atoms with Gasteiger partial charge < -0.3 is 0 Å². The van der Waals surface area contributed by atoms with Crippen molar-refractivity contribution in [2.45, 2.75) is 83.5 Å². The summed E-state index contributed by atoms with van der Waals surface area (Å²) in [5.74, 6) is 0. The van der Waals surface area contributed by atoms with Crippen LogP contribution in [0.25, 0.3) is 11.1 Å². The summed E-state index contributed by atoms with van der Waals surface area (Å²) < 4.78 is 2.27. The first-order chi connectivity index (χ1) is 19.1. The Morgan fingerprint density at radius 3 is 1.36 bits per heavy atom. The molecule has 0 N–H and O–H groups in total. The minimum absolute atomic E-state index is 0.360. The van der Waals surface area contributed by atoms with Crippen molar-refractivity contribution in [2.24, 2.45) is 0 Å². The van der Waals surface area contributed by atoms with Crippen LogP contribution in [0.4, 0.5) is 0 Å². The van der Waals surface area contributed by atoms with Gasteiger partial charge in [-0.2, -0.15) is 0 Å². The number of rotatable bonds is 12. The fourth-order valence-electron chi connectivity index (χ4n) is 6.69. The third-order valence-electron chi connectivity index (χ3n) is 8.50. The van der Waals surface area contributed by atoms with Crippen molar-refractivity contribution in [2.75, 3.05) is 0 Å². The smallest absolute Gasteiger partial charge is 0.0654 e. The molecule has 0 amide bonds. The van der Waals surface area contributed by atoms with Gasteiger partial charge in [-0.3, -0.25) is 0 Å². The van der Waals surface area contributed by atoms with Gasteiger partial charge in [-0.15, -0.1) is 0 Å². The molecule has 2 heteroatoms. The van der Waals surface area contributed by atoms with E-state index in [4.69, 9.17) is 0 Å². The normalized spacial score (nSPS) is 13.3. The van der Waals surface area contributed by atoms with Crippen molar-refractivity contribution in [3.05, 3.63) is 127 Å². The Kier molecular flexibility index (Phi) is 9.46. The predicted octanol–water partition coefficient (Wildman–Crippen LogP) is 11.8. The topological polar surface area (TPSA) is 0 Å². The maximum atomic E-state index is 3.87. The standard InChI is InChI=1S/C37H40Br2/c1-3-5-7-9-15-27-17-11-13-19-33(27)37(34-20-14-12-18-28(34)16-10-8-6-4-2)35-25-29(38)21-23-31(35)32-24-22-30(39)26-36(32)37/h11-14,17-26H,3-10,15-16H2,1-2H3. The summed E-state index contributed by atoms with van der Waals surface area (Å²) in [7, 11) is 0. The Balaban J connectivity index is 1.80. The number of halogens is 2. The Bertz CT molecular complexity index is 1310. The fourth-order valence-corrected chi connectivity index (χ4v) is 7.41. The first-order valence-electron chi connectivity index (χ1n) is 14.9. The number of benzene rings is 4. The lowest BCUT2D eigenvalue weighted by Gasteiger charge is -2.37. The zero-order valence-corrected chi connectivity index (χ0v) is 26.6. The monoisotopic (exact) mass is 642 g/mol. The summed E-state index contributed by atoms with van der Waals surface area (Å²) >= 11 is 7.73. The number of hydrogen-bond donors (Lipinski definition) is 0. The van der Waals surface area contributed by atoms with E-state index >= 15 is 0 Å². The van der Waals surface area contributed by atoms with Crippen molar-refractivity contribution >= 4 is 31.9 Å². The molecule has 0 aromatic heterocycles. The Morgan fingerprint density at radius 2 is 0.923 bits per heavy atom. The van der Waals surface area contributed by atoms with E-state index in [1.165, 1.54) is 95.9 Å². The molecule has 0 atom stereocenters. The number of fused-ring (bicyclic) bond motifs is 3. The molecule has 0 radical (unpaired) electrons. The summed E-state index contributed by atoms with van der Waals surface area (Å²) in [6.45, 7) is 4.59. The minimum Gasteiger partial charge on any atom is -0.0654 e. The van der Waals surface area contributed by atoms with Crippen LogP contribution in [0.1, 0.15) is 98.6 Å². The summed E-state index contributed by atoms with van der Waals surface area (Å²) in [5, 5.41) is 0.